The molecule has 0 amide bonds. The molecule has 0 unspecified atom stereocenters. The first-order chi connectivity index (χ1) is 16.6. The zero-order chi connectivity index (χ0) is 23.5. The van der Waals surface area contributed by atoms with Crippen LogP contribution in [0.15, 0.2) is 83.3 Å². The highest BCUT2D eigenvalue weighted by Gasteiger charge is 2.12. The standard InChI is InChI=1S/C23H16FN7O2S/c24-17-9-5-15(6-10-17)20(13-30-22-4-2-1-3-19(22)27-29-30)26-28-23-25-21(14-34-23)16-7-11-18(12-8-16)31(32)33/h1-12,14H,13H2,(H,25,28)/b26-20-. The van der Waals surface area contributed by atoms with Gasteiger partial charge in [0.05, 0.1) is 28.4 Å². The second-order valence-corrected chi connectivity index (χ2v) is 8.11. The maximum absolute atomic E-state index is 13.5. The number of thiazole rings is 1. The summed E-state index contributed by atoms with van der Waals surface area (Å²) in [6, 6.07) is 19.8. The summed E-state index contributed by atoms with van der Waals surface area (Å²) in [7, 11) is 0. The Hall–Kier alpha value is -4.51. The SMILES string of the molecule is O=[N+]([O-])c1ccc(-c2csc(N/N=C(/Cn3nnc4ccccc43)c3ccc(F)cc3)n2)cc1. The summed E-state index contributed by atoms with van der Waals surface area (Å²) in [5.41, 5.74) is 7.37. The molecule has 168 valence electrons. The molecule has 0 radical (unpaired) electrons. The molecule has 0 saturated heterocycles. The summed E-state index contributed by atoms with van der Waals surface area (Å²) in [5.74, 6) is -0.338. The number of aromatic nitrogens is 4. The van der Waals surface area contributed by atoms with E-state index >= 15 is 0 Å². The van der Waals surface area contributed by atoms with Crippen molar-refractivity contribution in [1.82, 2.24) is 20.0 Å². The highest BCUT2D eigenvalue weighted by molar-refractivity contribution is 7.14. The van der Waals surface area contributed by atoms with Gasteiger partial charge in [-0.2, -0.15) is 5.10 Å². The number of anilines is 1. The monoisotopic (exact) mass is 473 g/mol. The fourth-order valence-corrected chi connectivity index (χ4v) is 4.00. The summed E-state index contributed by atoms with van der Waals surface area (Å²) in [5, 5.41) is 26.2. The van der Waals surface area contributed by atoms with Crippen molar-refractivity contribution in [3.05, 3.63) is 99.7 Å². The molecule has 11 heteroatoms. The number of halogens is 1. The lowest BCUT2D eigenvalue weighted by Crippen LogP contribution is -2.15. The fourth-order valence-electron chi connectivity index (χ4n) is 3.34. The molecule has 5 rings (SSSR count). The Balaban J connectivity index is 1.41. The van der Waals surface area contributed by atoms with Gasteiger partial charge in [0.25, 0.3) is 5.69 Å². The van der Waals surface area contributed by atoms with Crippen molar-refractivity contribution < 1.29 is 9.31 Å². The fraction of sp³-hybridized carbons (Fsp3) is 0.0435. The van der Waals surface area contributed by atoms with E-state index in [2.05, 4.69) is 25.8 Å². The molecule has 1 N–H and O–H groups in total. The molecule has 3 aromatic carbocycles. The van der Waals surface area contributed by atoms with Crippen molar-refractivity contribution >= 4 is 38.9 Å². The maximum Gasteiger partial charge on any atom is 0.269 e. The van der Waals surface area contributed by atoms with Gasteiger partial charge in [0.1, 0.15) is 11.3 Å². The summed E-state index contributed by atoms with van der Waals surface area (Å²) >= 11 is 1.35. The predicted molar refractivity (Wildman–Crippen MR) is 128 cm³/mol. The van der Waals surface area contributed by atoms with Crippen LogP contribution in [-0.4, -0.2) is 30.6 Å². The Morgan fingerprint density at radius 2 is 1.85 bits per heavy atom. The van der Waals surface area contributed by atoms with Crippen molar-refractivity contribution in [3.8, 4) is 11.3 Å². The van der Waals surface area contributed by atoms with Gasteiger partial charge in [-0.25, -0.2) is 14.1 Å². The minimum atomic E-state index is -0.443. The van der Waals surface area contributed by atoms with E-state index in [1.54, 1.807) is 28.9 Å². The van der Waals surface area contributed by atoms with E-state index in [1.807, 2.05) is 29.6 Å². The Morgan fingerprint density at radius 3 is 2.62 bits per heavy atom. The molecule has 5 aromatic rings. The van der Waals surface area contributed by atoms with E-state index in [9.17, 15) is 14.5 Å². The average molecular weight is 473 g/mol. The van der Waals surface area contributed by atoms with Crippen LogP contribution in [0.3, 0.4) is 0 Å². The number of nitro groups is 1. The highest BCUT2D eigenvalue weighted by Crippen LogP contribution is 2.26. The van der Waals surface area contributed by atoms with Gasteiger partial charge in [-0.15, -0.1) is 16.4 Å². The van der Waals surface area contributed by atoms with Crippen LogP contribution >= 0.6 is 11.3 Å². The third-order valence-corrected chi connectivity index (χ3v) is 5.81. The van der Waals surface area contributed by atoms with Crippen molar-refractivity contribution in [3.63, 3.8) is 0 Å². The average Bonchev–Trinajstić information content (AvgIpc) is 3.50. The van der Waals surface area contributed by atoms with E-state index in [0.29, 0.717) is 23.1 Å². The molecule has 0 bridgehead atoms. The highest BCUT2D eigenvalue weighted by atomic mass is 32.1. The van der Waals surface area contributed by atoms with Crippen molar-refractivity contribution in [2.45, 2.75) is 6.54 Å². The summed E-state index contributed by atoms with van der Waals surface area (Å²) in [4.78, 5) is 14.9. The van der Waals surface area contributed by atoms with Crippen molar-refractivity contribution in [1.29, 1.82) is 0 Å². The lowest BCUT2D eigenvalue weighted by molar-refractivity contribution is -0.384. The minimum Gasteiger partial charge on any atom is -0.258 e. The third-order valence-electron chi connectivity index (χ3n) is 5.06. The lowest BCUT2D eigenvalue weighted by atomic mass is 10.1. The smallest absolute Gasteiger partial charge is 0.258 e. The molecule has 0 saturated carbocycles. The zero-order valence-corrected chi connectivity index (χ0v) is 18.3. The number of fused-ring (bicyclic) bond motifs is 1. The predicted octanol–water partition coefficient (Wildman–Crippen LogP) is 5.12. The van der Waals surface area contributed by atoms with Crippen LogP contribution in [0.5, 0.6) is 0 Å². The van der Waals surface area contributed by atoms with E-state index in [4.69, 9.17) is 0 Å². The number of nitro benzene ring substituents is 1. The Labute approximate surface area is 196 Å². The molecule has 0 aliphatic rings. The summed E-state index contributed by atoms with van der Waals surface area (Å²) in [6.07, 6.45) is 0. The molecule has 2 heterocycles. The lowest BCUT2D eigenvalue weighted by Gasteiger charge is -2.08. The molecular formula is C23H16FN7O2S. The van der Waals surface area contributed by atoms with E-state index in [-0.39, 0.29) is 11.5 Å². The molecule has 2 aromatic heterocycles. The van der Waals surface area contributed by atoms with Crippen LogP contribution in [0, 0.1) is 15.9 Å². The zero-order valence-electron chi connectivity index (χ0n) is 17.5. The topological polar surface area (TPSA) is 111 Å². The maximum atomic E-state index is 13.5. The van der Waals surface area contributed by atoms with Crippen molar-refractivity contribution in [2.24, 2.45) is 5.10 Å². The third kappa shape index (κ3) is 4.50. The normalized spacial score (nSPS) is 11.6. The van der Waals surface area contributed by atoms with Gasteiger partial charge >= 0.3 is 0 Å². The van der Waals surface area contributed by atoms with Gasteiger partial charge in [-0.1, -0.05) is 29.5 Å². The van der Waals surface area contributed by atoms with Crippen LogP contribution < -0.4 is 5.43 Å². The Kier molecular flexibility index (Phi) is 5.75. The van der Waals surface area contributed by atoms with Crippen LogP contribution in [0.1, 0.15) is 5.56 Å². The molecular weight excluding hydrogens is 457 g/mol. The molecule has 0 atom stereocenters. The number of non-ortho nitro benzene ring substituents is 1. The molecule has 0 aliphatic heterocycles. The van der Waals surface area contributed by atoms with Gasteiger partial charge < -0.3 is 0 Å². The first kappa shape index (κ1) is 21.3. The van der Waals surface area contributed by atoms with Crippen LogP contribution in [-0.2, 0) is 6.54 Å². The molecule has 0 fully saturated rings. The van der Waals surface area contributed by atoms with Gasteiger partial charge in [-0.3, -0.25) is 15.5 Å². The van der Waals surface area contributed by atoms with E-state index in [1.165, 1.54) is 35.6 Å². The van der Waals surface area contributed by atoms with Crippen LogP contribution in [0.25, 0.3) is 22.3 Å². The van der Waals surface area contributed by atoms with E-state index in [0.717, 1.165) is 22.2 Å². The Morgan fingerprint density at radius 1 is 1.09 bits per heavy atom. The molecule has 34 heavy (non-hydrogen) atoms. The van der Waals surface area contributed by atoms with Gasteiger partial charge in [0, 0.05) is 23.1 Å². The Bertz CT molecular complexity index is 1490. The first-order valence-corrected chi connectivity index (χ1v) is 11.0. The number of nitrogens with zero attached hydrogens (tertiary/aromatic N) is 6. The molecule has 0 aliphatic carbocycles. The second-order valence-electron chi connectivity index (χ2n) is 7.25. The number of benzene rings is 3. The second kappa shape index (κ2) is 9.16. The van der Waals surface area contributed by atoms with Crippen LogP contribution in [0.2, 0.25) is 0 Å². The van der Waals surface area contributed by atoms with E-state index < -0.39 is 4.92 Å². The van der Waals surface area contributed by atoms with Gasteiger partial charge in [0.2, 0.25) is 5.13 Å². The molecule has 0 spiro atoms. The molecule has 9 nitrogen and oxygen atoms in total. The number of rotatable bonds is 7. The summed E-state index contributed by atoms with van der Waals surface area (Å²) < 4.78 is 15.2. The summed E-state index contributed by atoms with van der Waals surface area (Å²) in [6.45, 7) is 0.305. The van der Waals surface area contributed by atoms with Gasteiger partial charge in [0.15, 0.2) is 0 Å². The van der Waals surface area contributed by atoms with Crippen LogP contribution in [0.4, 0.5) is 15.2 Å². The number of nitrogens with one attached hydrogen (secondary N) is 1. The number of hydrogen-bond donors (Lipinski definition) is 1. The number of hydrogen-bond acceptors (Lipinski definition) is 8. The number of hydrazone groups is 1. The largest absolute Gasteiger partial charge is 0.269 e. The van der Waals surface area contributed by atoms with Gasteiger partial charge in [-0.05, 0) is 42.0 Å². The minimum absolute atomic E-state index is 0.0199. The quantitative estimate of drug-likeness (QED) is 0.200. The first-order valence-electron chi connectivity index (χ1n) is 10.1. The van der Waals surface area contributed by atoms with Crippen molar-refractivity contribution in [2.75, 3.05) is 5.43 Å². The number of para-hydroxylation sites is 1.